The van der Waals surface area contributed by atoms with Crippen molar-refractivity contribution in [3.8, 4) is 11.4 Å². The Balaban J connectivity index is 2.11. The highest BCUT2D eigenvalue weighted by molar-refractivity contribution is 6.31. The zero-order chi connectivity index (χ0) is 21.2. The molecule has 0 fully saturated rings. The molecule has 0 bridgehead atoms. The molecule has 0 amide bonds. The Kier molecular flexibility index (Phi) is 6.43. The van der Waals surface area contributed by atoms with Gasteiger partial charge in [-0.2, -0.15) is 0 Å². The molecule has 0 unspecified atom stereocenters. The first-order chi connectivity index (χ1) is 13.7. The molecule has 0 radical (unpaired) electrons. The molecular formula is C21H27ClN4O3. The number of aromatic hydroxyl groups is 1. The summed E-state index contributed by atoms with van der Waals surface area (Å²) < 4.78 is 0. The van der Waals surface area contributed by atoms with Crippen LogP contribution in [0.1, 0.15) is 31.9 Å². The van der Waals surface area contributed by atoms with Crippen LogP contribution in [0.25, 0.3) is 16.7 Å². The van der Waals surface area contributed by atoms with E-state index in [1.165, 1.54) is 4.80 Å². The van der Waals surface area contributed by atoms with Gasteiger partial charge in [0, 0.05) is 30.2 Å². The monoisotopic (exact) mass is 418 g/mol. The molecule has 1 aromatic heterocycles. The lowest BCUT2D eigenvalue weighted by molar-refractivity contribution is 0.156. The molecule has 7 nitrogen and oxygen atoms in total. The Morgan fingerprint density at radius 3 is 2.28 bits per heavy atom. The van der Waals surface area contributed by atoms with E-state index in [0.29, 0.717) is 41.4 Å². The fraction of sp³-hybridized carbons (Fsp3) is 0.429. The Morgan fingerprint density at radius 2 is 1.66 bits per heavy atom. The van der Waals surface area contributed by atoms with E-state index in [1.807, 2.05) is 37.8 Å². The number of nitrogens with zero attached hydrogens (tertiary/aromatic N) is 4. The SMILES string of the molecule is CC(C)(C)c1cc(CN(CCO)CCO)cc(-n2nc3ccc(Cl)cc3n2)c1O. The molecule has 156 valence electrons. The maximum absolute atomic E-state index is 11.0. The highest BCUT2D eigenvalue weighted by Gasteiger charge is 2.23. The minimum Gasteiger partial charge on any atom is -0.505 e. The third kappa shape index (κ3) is 4.87. The summed E-state index contributed by atoms with van der Waals surface area (Å²) in [5.41, 5.74) is 3.21. The predicted molar refractivity (Wildman–Crippen MR) is 114 cm³/mol. The zero-order valence-corrected chi connectivity index (χ0v) is 17.7. The van der Waals surface area contributed by atoms with Gasteiger partial charge in [-0.25, -0.2) is 0 Å². The summed E-state index contributed by atoms with van der Waals surface area (Å²) in [7, 11) is 0. The van der Waals surface area contributed by atoms with Gasteiger partial charge in [0.15, 0.2) is 0 Å². The molecule has 0 saturated heterocycles. The van der Waals surface area contributed by atoms with Gasteiger partial charge in [0.25, 0.3) is 0 Å². The van der Waals surface area contributed by atoms with Crippen molar-refractivity contribution in [2.24, 2.45) is 0 Å². The van der Waals surface area contributed by atoms with Gasteiger partial charge in [-0.1, -0.05) is 38.4 Å². The lowest BCUT2D eigenvalue weighted by Gasteiger charge is -2.25. The van der Waals surface area contributed by atoms with Gasteiger partial charge in [0.1, 0.15) is 22.5 Å². The minimum atomic E-state index is -0.302. The second-order valence-corrected chi connectivity index (χ2v) is 8.54. The zero-order valence-electron chi connectivity index (χ0n) is 16.9. The van der Waals surface area contributed by atoms with Crippen LogP contribution in [-0.2, 0) is 12.0 Å². The summed E-state index contributed by atoms with van der Waals surface area (Å²) in [5, 5.41) is 39.2. The van der Waals surface area contributed by atoms with Crippen LogP contribution in [0.3, 0.4) is 0 Å². The Bertz CT molecular complexity index is 991. The second-order valence-electron chi connectivity index (χ2n) is 8.11. The molecule has 0 atom stereocenters. The molecule has 1 heterocycles. The second kappa shape index (κ2) is 8.67. The number of fused-ring (bicyclic) bond motifs is 1. The lowest BCUT2D eigenvalue weighted by atomic mass is 9.85. The number of aliphatic hydroxyl groups is 2. The van der Waals surface area contributed by atoms with Crippen LogP contribution in [0.5, 0.6) is 5.75 Å². The molecule has 29 heavy (non-hydrogen) atoms. The van der Waals surface area contributed by atoms with Gasteiger partial charge in [-0.05, 0) is 35.2 Å². The van der Waals surface area contributed by atoms with E-state index in [4.69, 9.17) is 11.6 Å². The van der Waals surface area contributed by atoms with Crippen molar-refractivity contribution < 1.29 is 15.3 Å². The summed E-state index contributed by atoms with van der Waals surface area (Å²) in [6.07, 6.45) is 0. The van der Waals surface area contributed by atoms with Crippen molar-refractivity contribution in [2.75, 3.05) is 26.3 Å². The number of hydrogen-bond donors (Lipinski definition) is 3. The highest BCUT2D eigenvalue weighted by Crippen LogP contribution is 2.36. The first-order valence-electron chi connectivity index (χ1n) is 9.56. The third-order valence-corrected chi connectivity index (χ3v) is 4.99. The maximum Gasteiger partial charge on any atom is 0.146 e. The van der Waals surface area contributed by atoms with Crippen LogP contribution in [0, 0.1) is 0 Å². The van der Waals surface area contributed by atoms with Crippen LogP contribution in [0.15, 0.2) is 30.3 Å². The van der Waals surface area contributed by atoms with Crippen LogP contribution >= 0.6 is 11.6 Å². The van der Waals surface area contributed by atoms with Gasteiger partial charge >= 0.3 is 0 Å². The van der Waals surface area contributed by atoms with Crippen molar-refractivity contribution in [1.82, 2.24) is 19.9 Å². The molecule has 3 aromatic rings. The quantitative estimate of drug-likeness (QED) is 0.546. The van der Waals surface area contributed by atoms with Gasteiger partial charge in [0.05, 0.1) is 13.2 Å². The molecule has 2 aromatic carbocycles. The first kappa shape index (κ1) is 21.5. The van der Waals surface area contributed by atoms with Crippen LogP contribution in [-0.4, -0.2) is 61.5 Å². The molecule has 0 aliphatic carbocycles. The number of rotatable bonds is 7. The van der Waals surface area contributed by atoms with Gasteiger partial charge in [-0.3, -0.25) is 4.90 Å². The van der Waals surface area contributed by atoms with Crippen molar-refractivity contribution in [3.63, 3.8) is 0 Å². The number of benzene rings is 2. The number of phenols is 1. The van der Waals surface area contributed by atoms with Gasteiger partial charge < -0.3 is 15.3 Å². The summed E-state index contributed by atoms with van der Waals surface area (Å²) in [6, 6.07) is 9.07. The van der Waals surface area contributed by atoms with E-state index < -0.39 is 0 Å². The molecule has 0 aliphatic rings. The molecule has 0 aliphatic heterocycles. The Hall–Kier alpha value is -2.19. The van der Waals surface area contributed by atoms with Crippen molar-refractivity contribution >= 4 is 22.6 Å². The van der Waals surface area contributed by atoms with Gasteiger partial charge in [-0.15, -0.1) is 15.0 Å². The summed E-state index contributed by atoms with van der Waals surface area (Å²) in [5.74, 6) is 0.128. The fourth-order valence-corrected chi connectivity index (χ4v) is 3.47. The van der Waals surface area contributed by atoms with E-state index in [0.717, 1.165) is 11.1 Å². The number of hydrogen-bond acceptors (Lipinski definition) is 6. The smallest absolute Gasteiger partial charge is 0.146 e. The molecule has 0 spiro atoms. The normalized spacial score (nSPS) is 12.2. The molecule has 8 heteroatoms. The van der Waals surface area contributed by atoms with Gasteiger partial charge in [0.2, 0.25) is 0 Å². The van der Waals surface area contributed by atoms with Crippen molar-refractivity contribution in [2.45, 2.75) is 32.7 Å². The van der Waals surface area contributed by atoms with E-state index in [-0.39, 0.29) is 24.4 Å². The average Bonchev–Trinajstić information content (AvgIpc) is 3.05. The number of aromatic nitrogens is 3. The summed E-state index contributed by atoms with van der Waals surface area (Å²) >= 11 is 6.06. The Labute approximate surface area is 175 Å². The van der Waals surface area contributed by atoms with Crippen molar-refractivity contribution in [3.05, 3.63) is 46.5 Å². The van der Waals surface area contributed by atoms with E-state index >= 15 is 0 Å². The average molecular weight is 419 g/mol. The molecule has 3 rings (SSSR count). The van der Waals surface area contributed by atoms with E-state index in [1.54, 1.807) is 18.2 Å². The summed E-state index contributed by atoms with van der Waals surface area (Å²) in [6.45, 7) is 7.51. The first-order valence-corrected chi connectivity index (χ1v) is 9.94. The van der Waals surface area contributed by atoms with E-state index in [9.17, 15) is 15.3 Å². The largest absolute Gasteiger partial charge is 0.505 e. The number of halogens is 1. The topological polar surface area (TPSA) is 94.6 Å². The van der Waals surface area contributed by atoms with Crippen LogP contribution in [0.2, 0.25) is 5.02 Å². The van der Waals surface area contributed by atoms with Crippen LogP contribution < -0.4 is 0 Å². The molecular weight excluding hydrogens is 392 g/mol. The standard InChI is InChI=1S/C21H27ClN4O3/c1-21(2,3)16-10-14(13-25(6-8-27)7-9-28)11-19(20(16)29)26-23-17-5-4-15(22)12-18(17)24-26/h4-5,10-12,27-29H,6-9,13H2,1-3H3. The summed E-state index contributed by atoms with van der Waals surface area (Å²) in [4.78, 5) is 3.38. The van der Waals surface area contributed by atoms with E-state index in [2.05, 4.69) is 10.2 Å². The van der Waals surface area contributed by atoms with Crippen LogP contribution in [0.4, 0.5) is 0 Å². The highest BCUT2D eigenvalue weighted by atomic mass is 35.5. The lowest BCUT2D eigenvalue weighted by Crippen LogP contribution is -2.29. The predicted octanol–water partition coefficient (Wildman–Crippen LogP) is 2.86. The minimum absolute atomic E-state index is 0.00390. The maximum atomic E-state index is 11.0. The fourth-order valence-electron chi connectivity index (χ4n) is 3.30. The van der Waals surface area contributed by atoms with Crippen molar-refractivity contribution in [1.29, 1.82) is 0 Å². The molecule has 3 N–H and O–H groups in total. The Morgan fingerprint density at radius 1 is 1.00 bits per heavy atom. The molecule has 0 saturated carbocycles. The third-order valence-electron chi connectivity index (χ3n) is 4.75. The number of aliphatic hydroxyl groups excluding tert-OH is 2. The number of phenolic OH excluding ortho intramolecular Hbond substituents is 1.